The van der Waals surface area contributed by atoms with Gasteiger partial charge in [-0.25, -0.2) is 4.98 Å². The molecule has 1 aromatic rings. The first kappa shape index (κ1) is 8.02. The van der Waals surface area contributed by atoms with Gasteiger partial charge < -0.3 is 5.32 Å². The Kier molecular flexibility index (Phi) is 2.03. The summed E-state index contributed by atoms with van der Waals surface area (Å²) in [5.74, 6) is 0.479. The predicted octanol–water partition coefficient (Wildman–Crippen LogP) is 1.94. The van der Waals surface area contributed by atoms with Crippen LogP contribution < -0.4 is 5.32 Å². The number of hydrogen-bond acceptors (Lipinski definition) is 2. The summed E-state index contributed by atoms with van der Waals surface area (Å²) in [6.45, 7) is 4.08. The van der Waals surface area contributed by atoms with E-state index in [0.29, 0.717) is 11.1 Å². The first-order valence-electron chi connectivity index (χ1n) is 4.13. The van der Waals surface area contributed by atoms with Gasteiger partial charge in [0.25, 0.3) is 0 Å². The fraction of sp³-hybridized carbons (Fsp3) is 0.444. The second-order valence-corrected chi connectivity index (χ2v) is 3.60. The Hall–Kier alpha value is -0.600. The van der Waals surface area contributed by atoms with Crippen molar-refractivity contribution in [3.63, 3.8) is 0 Å². The molecule has 0 saturated heterocycles. The van der Waals surface area contributed by atoms with Crippen LogP contribution in [0.1, 0.15) is 24.1 Å². The minimum Gasteiger partial charge on any atom is -0.312 e. The summed E-state index contributed by atoms with van der Waals surface area (Å²) in [6, 6.07) is 3.90. The van der Waals surface area contributed by atoms with Crippen molar-refractivity contribution < 1.29 is 0 Å². The zero-order chi connectivity index (χ0) is 8.55. The number of pyridine rings is 1. The lowest BCUT2D eigenvalue weighted by Crippen LogP contribution is -2.27. The summed E-state index contributed by atoms with van der Waals surface area (Å²) in [4.78, 5) is 4.32. The highest BCUT2D eigenvalue weighted by molar-refractivity contribution is 6.29. The lowest BCUT2D eigenvalue weighted by Gasteiger charge is -2.21. The van der Waals surface area contributed by atoms with E-state index in [2.05, 4.69) is 17.2 Å². The molecule has 12 heavy (non-hydrogen) atoms. The number of rotatable bonds is 0. The van der Waals surface area contributed by atoms with Crippen LogP contribution in [0.4, 0.5) is 0 Å². The van der Waals surface area contributed by atoms with Gasteiger partial charge in [-0.05, 0) is 11.6 Å². The summed E-state index contributed by atoms with van der Waals surface area (Å²) in [5.41, 5.74) is 2.43. The topological polar surface area (TPSA) is 24.9 Å². The Morgan fingerprint density at radius 1 is 1.58 bits per heavy atom. The van der Waals surface area contributed by atoms with Gasteiger partial charge in [-0.1, -0.05) is 24.6 Å². The van der Waals surface area contributed by atoms with Crippen molar-refractivity contribution >= 4 is 11.6 Å². The van der Waals surface area contributed by atoms with Crippen LogP contribution in [-0.2, 0) is 6.54 Å². The van der Waals surface area contributed by atoms with Crippen LogP contribution in [-0.4, -0.2) is 11.5 Å². The number of nitrogens with zero attached hydrogens (tertiary/aromatic N) is 1. The summed E-state index contributed by atoms with van der Waals surface area (Å²) in [6.07, 6.45) is 0. The molecule has 1 atom stereocenters. The van der Waals surface area contributed by atoms with Crippen LogP contribution >= 0.6 is 11.6 Å². The summed E-state index contributed by atoms with van der Waals surface area (Å²) >= 11 is 5.81. The van der Waals surface area contributed by atoms with E-state index in [9.17, 15) is 0 Å². The second-order valence-electron chi connectivity index (χ2n) is 3.21. The van der Waals surface area contributed by atoms with Crippen molar-refractivity contribution in [3.05, 3.63) is 28.5 Å². The van der Waals surface area contributed by atoms with Gasteiger partial charge in [-0.15, -0.1) is 0 Å². The van der Waals surface area contributed by atoms with Gasteiger partial charge in [-0.2, -0.15) is 0 Å². The van der Waals surface area contributed by atoms with E-state index < -0.39 is 0 Å². The normalized spacial score (nSPS) is 22.0. The van der Waals surface area contributed by atoms with E-state index in [1.807, 2.05) is 12.1 Å². The van der Waals surface area contributed by atoms with Crippen LogP contribution in [0.25, 0.3) is 0 Å². The number of halogens is 1. The Morgan fingerprint density at radius 3 is 3.25 bits per heavy atom. The van der Waals surface area contributed by atoms with Crippen LogP contribution in [0, 0.1) is 0 Å². The van der Waals surface area contributed by atoms with E-state index in [4.69, 9.17) is 11.6 Å². The monoisotopic (exact) mass is 182 g/mol. The number of nitrogens with one attached hydrogen (secondary N) is 1. The third-order valence-corrected chi connectivity index (χ3v) is 2.42. The zero-order valence-electron chi connectivity index (χ0n) is 6.97. The van der Waals surface area contributed by atoms with Crippen molar-refractivity contribution in [2.45, 2.75) is 19.4 Å². The van der Waals surface area contributed by atoms with E-state index in [1.54, 1.807) is 0 Å². The van der Waals surface area contributed by atoms with Gasteiger partial charge in [0.1, 0.15) is 5.15 Å². The molecule has 0 aromatic carbocycles. The van der Waals surface area contributed by atoms with E-state index in [-0.39, 0.29) is 0 Å². The second kappa shape index (κ2) is 3.04. The first-order chi connectivity index (χ1) is 5.77. The van der Waals surface area contributed by atoms with Crippen molar-refractivity contribution in [1.29, 1.82) is 0 Å². The Balaban J connectivity index is 2.47. The van der Waals surface area contributed by atoms with Gasteiger partial charge in [0.15, 0.2) is 0 Å². The first-order valence-corrected chi connectivity index (χ1v) is 4.51. The third kappa shape index (κ3) is 1.32. The molecule has 0 spiro atoms. The molecule has 1 N–H and O–H groups in total. The average molecular weight is 183 g/mol. The van der Waals surface area contributed by atoms with Gasteiger partial charge in [0.2, 0.25) is 0 Å². The van der Waals surface area contributed by atoms with Gasteiger partial charge in [0, 0.05) is 19.0 Å². The van der Waals surface area contributed by atoms with Crippen LogP contribution in [0.3, 0.4) is 0 Å². The molecular formula is C9H11ClN2. The van der Waals surface area contributed by atoms with Crippen molar-refractivity contribution in [1.82, 2.24) is 10.3 Å². The van der Waals surface area contributed by atoms with E-state index >= 15 is 0 Å². The third-order valence-electron chi connectivity index (χ3n) is 2.21. The van der Waals surface area contributed by atoms with Crippen LogP contribution in [0.5, 0.6) is 0 Å². The minimum atomic E-state index is 0.479. The fourth-order valence-corrected chi connectivity index (χ4v) is 1.73. The molecule has 2 rings (SSSR count). The number of fused-ring (bicyclic) bond motifs is 1. The smallest absolute Gasteiger partial charge is 0.129 e. The van der Waals surface area contributed by atoms with Gasteiger partial charge >= 0.3 is 0 Å². The summed E-state index contributed by atoms with van der Waals surface area (Å²) in [7, 11) is 0. The number of aromatic nitrogens is 1. The predicted molar refractivity (Wildman–Crippen MR) is 49.4 cm³/mol. The van der Waals surface area contributed by atoms with E-state index in [0.717, 1.165) is 18.8 Å². The standard InChI is InChI=1S/C9H11ClN2/c1-6-4-11-5-7-2-3-8(10)12-9(6)7/h2-3,6,11H,4-5H2,1H3/t6-/m0/s1. The molecule has 2 heterocycles. The summed E-state index contributed by atoms with van der Waals surface area (Å²) < 4.78 is 0. The van der Waals surface area contributed by atoms with E-state index in [1.165, 1.54) is 5.56 Å². The largest absolute Gasteiger partial charge is 0.312 e. The highest BCUT2D eigenvalue weighted by Gasteiger charge is 2.16. The molecule has 0 unspecified atom stereocenters. The molecule has 3 heteroatoms. The molecule has 1 aromatic heterocycles. The minimum absolute atomic E-state index is 0.479. The molecule has 0 bridgehead atoms. The molecule has 64 valence electrons. The highest BCUT2D eigenvalue weighted by Crippen LogP contribution is 2.22. The Bertz CT molecular complexity index is 299. The van der Waals surface area contributed by atoms with Crippen LogP contribution in [0.15, 0.2) is 12.1 Å². The maximum absolute atomic E-state index is 5.81. The molecule has 0 saturated carbocycles. The highest BCUT2D eigenvalue weighted by atomic mass is 35.5. The summed E-state index contributed by atoms with van der Waals surface area (Å²) in [5, 5.41) is 3.93. The lowest BCUT2D eigenvalue weighted by molar-refractivity contribution is 0.557. The van der Waals surface area contributed by atoms with Crippen molar-refractivity contribution in [2.24, 2.45) is 0 Å². The maximum atomic E-state index is 5.81. The van der Waals surface area contributed by atoms with Gasteiger partial charge in [-0.3, -0.25) is 0 Å². The molecular weight excluding hydrogens is 172 g/mol. The van der Waals surface area contributed by atoms with Gasteiger partial charge in [0.05, 0.1) is 5.69 Å². The number of hydrogen-bond donors (Lipinski definition) is 1. The molecule has 0 aliphatic carbocycles. The Labute approximate surface area is 77.0 Å². The van der Waals surface area contributed by atoms with Crippen molar-refractivity contribution in [3.8, 4) is 0 Å². The zero-order valence-corrected chi connectivity index (χ0v) is 7.73. The van der Waals surface area contributed by atoms with Crippen molar-refractivity contribution in [2.75, 3.05) is 6.54 Å². The fourth-order valence-electron chi connectivity index (χ4n) is 1.58. The van der Waals surface area contributed by atoms with Crippen LogP contribution in [0.2, 0.25) is 5.15 Å². The maximum Gasteiger partial charge on any atom is 0.129 e. The molecule has 1 aliphatic rings. The quantitative estimate of drug-likeness (QED) is 0.621. The molecule has 1 aliphatic heterocycles. The lowest BCUT2D eigenvalue weighted by atomic mass is 9.98. The average Bonchev–Trinajstić information content (AvgIpc) is 2.07. The molecule has 0 amide bonds. The molecule has 2 nitrogen and oxygen atoms in total. The Morgan fingerprint density at radius 2 is 2.42 bits per heavy atom. The molecule has 0 fully saturated rings. The SMILES string of the molecule is C[C@H]1CNCc2ccc(Cl)nc21. The molecule has 0 radical (unpaired) electrons.